The molecule has 2 aromatic heterocycles. The van der Waals surface area contributed by atoms with Crippen LogP contribution in [0.4, 0.5) is 0 Å². The van der Waals surface area contributed by atoms with E-state index in [1.54, 1.807) is 17.1 Å². The molecule has 0 aliphatic heterocycles. The molecule has 1 atom stereocenters. The maximum Gasteiger partial charge on any atom is 0.258 e. The van der Waals surface area contributed by atoms with Crippen LogP contribution in [0.25, 0.3) is 0 Å². The second kappa shape index (κ2) is 6.73. The normalized spacial score (nSPS) is 12.2. The molecule has 5 nitrogen and oxygen atoms in total. The summed E-state index contributed by atoms with van der Waals surface area (Å²) in [6.07, 6.45) is 4.41. The number of hydrogen-bond donors (Lipinski definition) is 0. The highest BCUT2D eigenvalue weighted by molar-refractivity contribution is 5.96. The summed E-state index contributed by atoms with van der Waals surface area (Å²) in [5, 5.41) is 4.37. The number of pyridine rings is 1. The van der Waals surface area contributed by atoms with Gasteiger partial charge in [0, 0.05) is 31.7 Å². The summed E-state index contributed by atoms with van der Waals surface area (Å²) in [5.41, 5.74) is 3.53. The first kappa shape index (κ1) is 16.2. The Morgan fingerprint density at radius 2 is 1.91 bits per heavy atom. The lowest BCUT2D eigenvalue weighted by Crippen LogP contribution is -2.35. The summed E-state index contributed by atoms with van der Waals surface area (Å²) in [4.78, 5) is 19.0. The van der Waals surface area contributed by atoms with E-state index in [2.05, 4.69) is 17.0 Å². The first-order valence-electron chi connectivity index (χ1n) is 7.72. The van der Waals surface area contributed by atoms with E-state index >= 15 is 0 Å². The molecule has 1 unspecified atom stereocenters. The maximum absolute atomic E-state index is 13.1. The monoisotopic (exact) mass is 300 g/mol. The molecule has 0 aliphatic carbocycles. The van der Waals surface area contributed by atoms with Gasteiger partial charge in [0.1, 0.15) is 0 Å². The first-order chi connectivity index (χ1) is 10.5. The molecule has 0 spiro atoms. The molecule has 0 fully saturated rings. The average Bonchev–Trinajstić information content (AvgIpc) is 2.77. The van der Waals surface area contributed by atoms with Gasteiger partial charge in [0.05, 0.1) is 17.3 Å². The minimum Gasteiger partial charge on any atom is -0.332 e. The van der Waals surface area contributed by atoms with Gasteiger partial charge in [-0.3, -0.25) is 14.5 Å². The molecular formula is C17H24N4O. The number of carbonyl (C=O) groups is 1. The molecule has 2 rings (SSSR count). The molecule has 0 radical (unpaired) electrons. The third-order valence-electron chi connectivity index (χ3n) is 4.18. The van der Waals surface area contributed by atoms with Gasteiger partial charge in [-0.05, 0) is 44.9 Å². The Balaban J connectivity index is 2.40. The van der Waals surface area contributed by atoms with Crippen LogP contribution in [0.5, 0.6) is 0 Å². The van der Waals surface area contributed by atoms with Crippen molar-refractivity contribution >= 4 is 5.91 Å². The molecule has 1 amide bonds. The predicted octanol–water partition coefficient (Wildman–Crippen LogP) is 3.05. The molecule has 2 aromatic rings. The van der Waals surface area contributed by atoms with E-state index in [4.69, 9.17) is 0 Å². The smallest absolute Gasteiger partial charge is 0.258 e. The van der Waals surface area contributed by atoms with Gasteiger partial charge in [-0.2, -0.15) is 5.10 Å². The summed E-state index contributed by atoms with van der Waals surface area (Å²) in [7, 11) is 1.87. The van der Waals surface area contributed by atoms with E-state index in [0.29, 0.717) is 6.54 Å². The number of carbonyl (C=O) groups excluding carboxylic acids is 1. The van der Waals surface area contributed by atoms with Crippen molar-refractivity contribution in [2.45, 2.75) is 40.2 Å². The number of aryl methyl sites for hydroxylation is 2. The fourth-order valence-corrected chi connectivity index (χ4v) is 2.95. The molecule has 0 bridgehead atoms. The van der Waals surface area contributed by atoms with Crippen LogP contribution in [0.15, 0.2) is 24.5 Å². The molecule has 118 valence electrons. The maximum atomic E-state index is 13.1. The van der Waals surface area contributed by atoms with Crippen molar-refractivity contribution < 1.29 is 4.79 Å². The van der Waals surface area contributed by atoms with Crippen molar-refractivity contribution in [2.75, 3.05) is 6.54 Å². The van der Waals surface area contributed by atoms with Crippen LogP contribution in [0, 0.1) is 13.8 Å². The minimum atomic E-state index is 0.0502. The summed E-state index contributed by atoms with van der Waals surface area (Å²) in [6.45, 7) is 8.61. The fraction of sp³-hybridized carbons (Fsp3) is 0.471. The van der Waals surface area contributed by atoms with Gasteiger partial charge in [-0.15, -0.1) is 0 Å². The molecule has 22 heavy (non-hydrogen) atoms. The largest absolute Gasteiger partial charge is 0.332 e. The van der Waals surface area contributed by atoms with Crippen LogP contribution in [-0.2, 0) is 7.05 Å². The SMILES string of the molecule is CCC(c1ccncc1)N(CC)C(=O)c1c(C)nn(C)c1C. The van der Waals surface area contributed by atoms with Crippen molar-refractivity contribution in [1.82, 2.24) is 19.7 Å². The molecular weight excluding hydrogens is 276 g/mol. The third kappa shape index (κ3) is 2.89. The lowest BCUT2D eigenvalue weighted by molar-refractivity contribution is 0.0681. The van der Waals surface area contributed by atoms with Crippen LogP contribution >= 0.6 is 0 Å². The Labute approximate surface area is 132 Å². The lowest BCUT2D eigenvalue weighted by Gasteiger charge is -2.30. The average molecular weight is 300 g/mol. The van der Waals surface area contributed by atoms with E-state index in [0.717, 1.165) is 28.9 Å². The Morgan fingerprint density at radius 1 is 1.27 bits per heavy atom. The number of rotatable bonds is 5. The highest BCUT2D eigenvalue weighted by Gasteiger charge is 2.27. The van der Waals surface area contributed by atoms with E-state index < -0.39 is 0 Å². The Bertz CT molecular complexity index is 648. The van der Waals surface area contributed by atoms with Crippen LogP contribution < -0.4 is 0 Å². The van der Waals surface area contributed by atoms with Gasteiger partial charge in [0.25, 0.3) is 5.91 Å². The van der Waals surface area contributed by atoms with Crippen molar-refractivity contribution in [3.8, 4) is 0 Å². The second-order valence-electron chi connectivity index (χ2n) is 5.47. The van der Waals surface area contributed by atoms with Gasteiger partial charge in [-0.1, -0.05) is 6.92 Å². The van der Waals surface area contributed by atoms with Crippen LogP contribution in [0.2, 0.25) is 0 Å². The fourth-order valence-electron chi connectivity index (χ4n) is 2.95. The standard InChI is InChI=1S/C17H24N4O/c1-6-15(14-8-10-18-11-9-14)21(7-2)17(22)16-12(3)19-20(5)13(16)4/h8-11,15H,6-7H2,1-5H3. The summed E-state index contributed by atoms with van der Waals surface area (Å²) >= 11 is 0. The Hall–Kier alpha value is -2.17. The van der Waals surface area contributed by atoms with Gasteiger partial charge in [0.2, 0.25) is 0 Å². The highest BCUT2D eigenvalue weighted by Crippen LogP contribution is 2.26. The zero-order valence-electron chi connectivity index (χ0n) is 14.0. The number of nitrogens with zero attached hydrogens (tertiary/aromatic N) is 4. The van der Waals surface area contributed by atoms with E-state index in [-0.39, 0.29) is 11.9 Å². The van der Waals surface area contributed by atoms with Crippen molar-refractivity contribution in [2.24, 2.45) is 7.05 Å². The highest BCUT2D eigenvalue weighted by atomic mass is 16.2. The molecule has 5 heteroatoms. The molecule has 0 aliphatic rings. The van der Waals surface area contributed by atoms with Crippen molar-refractivity contribution in [3.63, 3.8) is 0 Å². The van der Waals surface area contributed by atoms with Crippen molar-refractivity contribution in [3.05, 3.63) is 47.0 Å². The minimum absolute atomic E-state index is 0.0502. The quantitative estimate of drug-likeness (QED) is 0.853. The van der Waals surface area contributed by atoms with E-state index in [9.17, 15) is 4.79 Å². The summed E-state index contributed by atoms with van der Waals surface area (Å²) < 4.78 is 1.77. The number of amides is 1. The molecule has 0 aromatic carbocycles. The van der Waals surface area contributed by atoms with E-state index in [1.165, 1.54) is 0 Å². The first-order valence-corrected chi connectivity index (χ1v) is 7.72. The van der Waals surface area contributed by atoms with Crippen LogP contribution in [-0.4, -0.2) is 32.1 Å². The van der Waals surface area contributed by atoms with Crippen LogP contribution in [0.1, 0.15) is 53.6 Å². The zero-order chi connectivity index (χ0) is 16.3. The topological polar surface area (TPSA) is 51.0 Å². The zero-order valence-corrected chi connectivity index (χ0v) is 14.0. The van der Waals surface area contributed by atoms with Gasteiger partial charge in [0.15, 0.2) is 0 Å². The van der Waals surface area contributed by atoms with Gasteiger partial charge >= 0.3 is 0 Å². The number of hydrogen-bond acceptors (Lipinski definition) is 3. The Morgan fingerprint density at radius 3 is 2.36 bits per heavy atom. The molecule has 0 N–H and O–H groups in total. The predicted molar refractivity (Wildman–Crippen MR) is 86.7 cm³/mol. The van der Waals surface area contributed by atoms with Crippen LogP contribution in [0.3, 0.4) is 0 Å². The molecule has 0 saturated carbocycles. The van der Waals surface area contributed by atoms with Crippen molar-refractivity contribution in [1.29, 1.82) is 0 Å². The molecule has 0 saturated heterocycles. The molecule has 2 heterocycles. The van der Waals surface area contributed by atoms with Gasteiger partial charge < -0.3 is 4.90 Å². The second-order valence-corrected chi connectivity index (χ2v) is 5.47. The summed E-state index contributed by atoms with van der Waals surface area (Å²) in [6, 6.07) is 4.01. The number of aromatic nitrogens is 3. The van der Waals surface area contributed by atoms with E-state index in [1.807, 2.05) is 44.9 Å². The lowest BCUT2D eigenvalue weighted by atomic mass is 10.0. The van der Waals surface area contributed by atoms with Gasteiger partial charge in [-0.25, -0.2) is 0 Å². The third-order valence-corrected chi connectivity index (χ3v) is 4.18. The Kier molecular flexibility index (Phi) is 4.96. The summed E-state index contributed by atoms with van der Waals surface area (Å²) in [5.74, 6) is 0.0502.